The molecule has 0 bridgehead atoms. The molecule has 1 aliphatic rings. The zero-order valence-electron chi connectivity index (χ0n) is 9.82. The van der Waals surface area contributed by atoms with E-state index in [0.29, 0.717) is 10.8 Å². The molecular weight excluding hydrogens is 238 g/mol. The highest BCUT2D eigenvalue weighted by atomic mass is 35.5. The molecule has 1 aliphatic carbocycles. The molecule has 92 valence electrons. The maximum absolute atomic E-state index is 11.9. The zero-order valence-corrected chi connectivity index (χ0v) is 10.6. The number of amides is 1. The number of halogens is 1. The second-order valence-corrected chi connectivity index (χ2v) is 4.89. The number of hydrogen-bond donors (Lipinski definition) is 1. The average Bonchev–Trinajstić information content (AvgIpc) is 3.13. The lowest BCUT2D eigenvalue weighted by atomic mass is 10.1. The summed E-state index contributed by atoms with van der Waals surface area (Å²) in [6.45, 7) is 2.08. The van der Waals surface area contributed by atoms with Crippen LogP contribution in [0.15, 0.2) is 12.1 Å². The van der Waals surface area contributed by atoms with Gasteiger partial charge in [0.2, 0.25) is 0 Å². The Hall–Kier alpha value is -1.16. The van der Waals surface area contributed by atoms with Gasteiger partial charge >= 0.3 is 0 Å². The number of rotatable bonds is 5. The van der Waals surface area contributed by atoms with Crippen LogP contribution in [0.25, 0.3) is 0 Å². The van der Waals surface area contributed by atoms with Crippen molar-refractivity contribution in [2.45, 2.75) is 38.6 Å². The quantitative estimate of drug-likeness (QED) is 0.877. The number of nitrogens with zero attached hydrogens (tertiary/aromatic N) is 2. The summed E-state index contributed by atoms with van der Waals surface area (Å²) in [5.41, 5.74) is 0.323. The van der Waals surface area contributed by atoms with Crippen molar-refractivity contribution < 1.29 is 4.79 Å². The van der Waals surface area contributed by atoms with E-state index in [2.05, 4.69) is 22.4 Å². The largest absolute Gasteiger partial charge is 0.348 e. The third-order valence-corrected chi connectivity index (χ3v) is 3.21. The van der Waals surface area contributed by atoms with Gasteiger partial charge in [0.1, 0.15) is 0 Å². The SMILES string of the molecule is CCC(CC1CC1)NC(=O)c1ccc(Cl)nn1. The first-order valence-electron chi connectivity index (χ1n) is 5.99. The van der Waals surface area contributed by atoms with Crippen molar-refractivity contribution >= 4 is 17.5 Å². The molecule has 1 heterocycles. The van der Waals surface area contributed by atoms with Crippen LogP contribution in [0.5, 0.6) is 0 Å². The first-order valence-corrected chi connectivity index (χ1v) is 6.37. The first-order chi connectivity index (χ1) is 8.19. The Kier molecular flexibility index (Phi) is 3.94. The Labute approximate surface area is 106 Å². The summed E-state index contributed by atoms with van der Waals surface area (Å²) < 4.78 is 0. The summed E-state index contributed by atoms with van der Waals surface area (Å²) >= 11 is 5.62. The highest BCUT2D eigenvalue weighted by Crippen LogP contribution is 2.34. The molecule has 1 unspecified atom stereocenters. The van der Waals surface area contributed by atoms with E-state index in [0.717, 1.165) is 18.8 Å². The molecule has 0 spiro atoms. The summed E-state index contributed by atoms with van der Waals surface area (Å²) in [4.78, 5) is 11.9. The number of carbonyl (C=O) groups excluding carboxylic acids is 1. The lowest BCUT2D eigenvalue weighted by Gasteiger charge is -2.15. The fourth-order valence-electron chi connectivity index (χ4n) is 1.78. The summed E-state index contributed by atoms with van der Waals surface area (Å²) in [6.07, 6.45) is 4.62. The second kappa shape index (κ2) is 5.45. The number of hydrogen-bond acceptors (Lipinski definition) is 3. The van der Waals surface area contributed by atoms with Gasteiger partial charge in [-0.25, -0.2) is 0 Å². The van der Waals surface area contributed by atoms with Gasteiger partial charge in [-0.05, 0) is 30.9 Å². The van der Waals surface area contributed by atoms with Crippen molar-refractivity contribution in [3.63, 3.8) is 0 Å². The summed E-state index contributed by atoms with van der Waals surface area (Å²) in [7, 11) is 0. The summed E-state index contributed by atoms with van der Waals surface area (Å²) in [5.74, 6) is 0.637. The lowest BCUT2D eigenvalue weighted by molar-refractivity contribution is 0.0926. The van der Waals surface area contributed by atoms with Gasteiger partial charge in [-0.15, -0.1) is 10.2 Å². The van der Waals surface area contributed by atoms with Crippen LogP contribution < -0.4 is 5.32 Å². The van der Waals surface area contributed by atoms with Crippen LogP contribution in [0.3, 0.4) is 0 Å². The maximum atomic E-state index is 11.9. The standard InChI is InChI=1S/C12H16ClN3O/c1-2-9(7-8-3-4-8)14-12(17)10-5-6-11(13)16-15-10/h5-6,8-9H,2-4,7H2,1H3,(H,14,17). The Morgan fingerprint density at radius 2 is 2.29 bits per heavy atom. The third kappa shape index (κ3) is 3.66. The van der Waals surface area contributed by atoms with Crippen LogP contribution in [0.4, 0.5) is 0 Å². The molecule has 0 aromatic carbocycles. The Morgan fingerprint density at radius 1 is 1.53 bits per heavy atom. The monoisotopic (exact) mass is 253 g/mol. The van der Waals surface area contributed by atoms with Crippen molar-refractivity contribution in [1.29, 1.82) is 0 Å². The Bertz CT molecular complexity index is 389. The molecule has 0 aliphatic heterocycles. The Balaban J connectivity index is 1.92. The molecule has 0 saturated heterocycles. The van der Waals surface area contributed by atoms with E-state index >= 15 is 0 Å². The fraction of sp³-hybridized carbons (Fsp3) is 0.583. The van der Waals surface area contributed by atoms with Crippen LogP contribution >= 0.6 is 11.6 Å². The van der Waals surface area contributed by atoms with Crippen molar-refractivity contribution in [3.05, 3.63) is 23.0 Å². The van der Waals surface area contributed by atoms with Gasteiger partial charge in [0.15, 0.2) is 10.8 Å². The van der Waals surface area contributed by atoms with Gasteiger partial charge in [0, 0.05) is 6.04 Å². The normalized spacial score (nSPS) is 16.6. The highest BCUT2D eigenvalue weighted by molar-refractivity contribution is 6.29. The smallest absolute Gasteiger partial charge is 0.272 e. The molecule has 4 nitrogen and oxygen atoms in total. The minimum atomic E-state index is -0.165. The van der Waals surface area contributed by atoms with Gasteiger partial charge in [0.05, 0.1) is 0 Å². The van der Waals surface area contributed by atoms with Crippen molar-refractivity contribution in [2.24, 2.45) is 5.92 Å². The second-order valence-electron chi connectivity index (χ2n) is 4.50. The molecule has 0 radical (unpaired) electrons. The average molecular weight is 254 g/mol. The van der Waals surface area contributed by atoms with Crippen molar-refractivity contribution in [2.75, 3.05) is 0 Å². The van der Waals surface area contributed by atoms with Gasteiger partial charge in [-0.3, -0.25) is 4.79 Å². The van der Waals surface area contributed by atoms with E-state index < -0.39 is 0 Å². The first kappa shape index (κ1) is 12.3. The van der Waals surface area contributed by atoms with E-state index in [9.17, 15) is 4.79 Å². The van der Waals surface area contributed by atoms with Crippen LogP contribution in [-0.4, -0.2) is 22.1 Å². The summed E-state index contributed by atoms with van der Waals surface area (Å²) in [6, 6.07) is 3.41. The molecular formula is C12H16ClN3O. The Morgan fingerprint density at radius 3 is 2.82 bits per heavy atom. The van der Waals surface area contributed by atoms with Gasteiger partial charge in [0.25, 0.3) is 5.91 Å². The molecule has 1 atom stereocenters. The minimum Gasteiger partial charge on any atom is -0.348 e. The van der Waals surface area contributed by atoms with E-state index in [4.69, 9.17) is 11.6 Å². The summed E-state index contributed by atoms with van der Waals surface area (Å²) in [5, 5.41) is 10.7. The highest BCUT2D eigenvalue weighted by Gasteiger charge is 2.25. The van der Waals surface area contributed by atoms with Crippen molar-refractivity contribution in [3.8, 4) is 0 Å². The molecule has 1 saturated carbocycles. The zero-order chi connectivity index (χ0) is 12.3. The molecule has 5 heteroatoms. The number of aromatic nitrogens is 2. The van der Waals surface area contributed by atoms with E-state index in [1.165, 1.54) is 12.8 Å². The van der Waals surface area contributed by atoms with E-state index in [-0.39, 0.29) is 11.9 Å². The fourth-order valence-corrected chi connectivity index (χ4v) is 1.88. The third-order valence-electron chi connectivity index (χ3n) is 3.01. The van der Waals surface area contributed by atoms with Crippen LogP contribution in [0, 0.1) is 5.92 Å². The van der Waals surface area contributed by atoms with Crippen molar-refractivity contribution in [1.82, 2.24) is 15.5 Å². The predicted molar refractivity (Wildman–Crippen MR) is 65.9 cm³/mol. The van der Waals surface area contributed by atoms with Crippen LogP contribution in [0.2, 0.25) is 5.15 Å². The molecule has 17 heavy (non-hydrogen) atoms. The molecule has 1 aromatic rings. The molecule has 1 N–H and O–H groups in total. The molecule has 1 fully saturated rings. The van der Waals surface area contributed by atoms with Gasteiger partial charge in [-0.2, -0.15) is 0 Å². The van der Waals surface area contributed by atoms with Crippen LogP contribution in [-0.2, 0) is 0 Å². The molecule has 1 amide bonds. The molecule has 2 rings (SSSR count). The van der Waals surface area contributed by atoms with Crippen LogP contribution in [0.1, 0.15) is 43.1 Å². The van der Waals surface area contributed by atoms with Gasteiger partial charge < -0.3 is 5.32 Å². The lowest BCUT2D eigenvalue weighted by Crippen LogP contribution is -2.35. The predicted octanol–water partition coefficient (Wildman–Crippen LogP) is 2.44. The number of nitrogens with one attached hydrogen (secondary N) is 1. The number of carbonyl (C=O) groups is 1. The minimum absolute atomic E-state index is 0.165. The van der Waals surface area contributed by atoms with E-state index in [1.54, 1.807) is 12.1 Å². The van der Waals surface area contributed by atoms with E-state index in [1.807, 2.05) is 0 Å². The maximum Gasteiger partial charge on any atom is 0.272 e. The van der Waals surface area contributed by atoms with Gasteiger partial charge in [-0.1, -0.05) is 31.4 Å². The topological polar surface area (TPSA) is 54.9 Å². The molecule has 1 aromatic heterocycles.